The van der Waals surface area contributed by atoms with Gasteiger partial charge in [0.05, 0.1) is 18.1 Å². The quantitative estimate of drug-likeness (QED) is 0.117. The molecule has 0 radical (unpaired) electrons. The molecule has 5 fully saturated rings. The van der Waals surface area contributed by atoms with Crippen molar-refractivity contribution in [1.82, 2.24) is 15.2 Å². The van der Waals surface area contributed by atoms with Gasteiger partial charge in [0.2, 0.25) is 5.88 Å². The number of sulfone groups is 1. The summed E-state index contributed by atoms with van der Waals surface area (Å²) in [5.41, 5.74) is 4.98. The Hall–Kier alpha value is -3.00. The molecule has 2 heterocycles. The molecule has 63 heavy (non-hydrogen) atoms. The highest BCUT2D eigenvalue weighted by Crippen LogP contribution is 2.78. The van der Waals surface area contributed by atoms with Gasteiger partial charge in [0, 0.05) is 32.4 Å². The van der Waals surface area contributed by atoms with E-state index in [0.717, 1.165) is 38.4 Å². The number of fused-ring (bicyclic) bond motifs is 7. The van der Waals surface area contributed by atoms with Crippen molar-refractivity contribution in [1.29, 1.82) is 5.26 Å². The summed E-state index contributed by atoms with van der Waals surface area (Å²) >= 11 is 0. The van der Waals surface area contributed by atoms with Crippen LogP contribution in [0, 0.1) is 73.4 Å². The molecule has 10 heteroatoms. The number of carbonyl (C=O) groups excluding carboxylic acids is 1. The Morgan fingerprint density at radius 2 is 1.75 bits per heavy atom. The highest BCUT2D eigenvalue weighted by Gasteiger charge is 2.70. The summed E-state index contributed by atoms with van der Waals surface area (Å²) in [6.07, 6.45) is 21.3. The smallest absolute Gasteiger partial charge is 0.315 e. The number of nitrogens with zero attached hydrogens (tertiary/aromatic N) is 3. The third-order valence-electron chi connectivity index (χ3n) is 19.7. The molecule has 1 aromatic heterocycles. The predicted molar refractivity (Wildman–Crippen MR) is 250 cm³/mol. The number of hydrogen-bond acceptors (Lipinski definition) is 9. The molecule has 1 N–H and O–H groups in total. The van der Waals surface area contributed by atoms with E-state index in [-0.39, 0.29) is 34.7 Å². The lowest BCUT2D eigenvalue weighted by Crippen LogP contribution is -2.65. The van der Waals surface area contributed by atoms with Crippen molar-refractivity contribution in [3.63, 3.8) is 0 Å². The Labute approximate surface area is 380 Å². The van der Waals surface area contributed by atoms with Crippen LogP contribution >= 0.6 is 0 Å². The minimum Gasteiger partial charge on any atom is -0.475 e. The molecule has 9 nitrogen and oxygen atoms in total. The maximum Gasteiger partial charge on any atom is 0.315 e. The standard InChI is InChI=1S/C53H78N4O5S/c1-9-61-47(58)53(36-62-46-39(35-54)11-10-27-56-46)21-14-38(15-22-53)41-17-19-49(6)43(48(41,4)5)18-20-51(8)44(49)13-12-42-45-40(37(2)3)16-23-52(45,25-24-50(42,51)7)26-28-55-29-30-57-31-33-63(59,60)34-32-57/h10-11,14,17,27,40,42-45,55H,2,9,12-13,15-16,18-26,28-34,36H2,1,3-8H3/t40-,42+,43?,44?,45?,49-,50+,51+,52+,53?/m0/s1. The van der Waals surface area contributed by atoms with Gasteiger partial charge in [-0.15, -0.1) is 0 Å². The number of hydrogen-bond donors (Lipinski definition) is 1. The van der Waals surface area contributed by atoms with Crippen LogP contribution in [0.2, 0.25) is 0 Å². The second-order valence-electron chi connectivity index (χ2n) is 22.8. The van der Waals surface area contributed by atoms with Crippen LogP contribution in [0.15, 0.2) is 53.8 Å². The second-order valence-corrected chi connectivity index (χ2v) is 25.1. The van der Waals surface area contributed by atoms with E-state index in [9.17, 15) is 18.5 Å². The molecule has 0 aromatic carbocycles. The van der Waals surface area contributed by atoms with Crippen LogP contribution in [0.1, 0.15) is 138 Å². The number of ether oxygens (including phenoxy) is 2. The Balaban J connectivity index is 0.983. The maximum atomic E-state index is 13.6. The summed E-state index contributed by atoms with van der Waals surface area (Å²) < 4.78 is 35.7. The van der Waals surface area contributed by atoms with Crippen molar-refractivity contribution < 1.29 is 22.7 Å². The zero-order chi connectivity index (χ0) is 45.1. The van der Waals surface area contributed by atoms with Gasteiger partial charge < -0.3 is 19.7 Å². The fourth-order valence-electron chi connectivity index (χ4n) is 16.1. The SMILES string of the molecule is C=C(C)[C@@H]1CC[C@]2(CCNCCN3CCS(=O)(=O)CC3)CC[C@]3(C)[C@H](CCC4[C@@]5(C)CC=C(C6=CCC(COc7ncccc7C#N)(C(=O)OCC)CC6)C(C)(C)C5CC[C@]43C)C12. The number of esters is 1. The summed E-state index contributed by atoms with van der Waals surface area (Å²) in [6, 6.07) is 5.58. The predicted octanol–water partition coefficient (Wildman–Crippen LogP) is 9.90. The van der Waals surface area contributed by atoms with Gasteiger partial charge in [-0.1, -0.05) is 58.9 Å². The number of aromatic nitrogens is 1. The van der Waals surface area contributed by atoms with Gasteiger partial charge in [0.1, 0.15) is 23.7 Å². The van der Waals surface area contributed by atoms with Crippen LogP contribution in [0.4, 0.5) is 0 Å². The van der Waals surface area contributed by atoms with Crippen LogP contribution in [0.25, 0.3) is 0 Å². The Bertz CT molecular complexity index is 2130. The Kier molecular flexibility index (Phi) is 12.8. The molecule has 10 atom stereocenters. The van der Waals surface area contributed by atoms with E-state index in [1.165, 1.54) is 74.5 Å². The molecule has 0 bridgehead atoms. The molecule has 7 aliphatic rings. The zero-order valence-electron chi connectivity index (χ0n) is 39.8. The van der Waals surface area contributed by atoms with E-state index in [0.29, 0.717) is 84.1 Å². The summed E-state index contributed by atoms with van der Waals surface area (Å²) in [7, 11) is -2.85. The molecule has 1 saturated heterocycles. The molecule has 0 amide bonds. The first-order valence-electron chi connectivity index (χ1n) is 24.7. The molecule has 6 aliphatic carbocycles. The minimum atomic E-state index is -2.85. The van der Waals surface area contributed by atoms with Crippen molar-refractivity contribution in [3.8, 4) is 11.9 Å². The third-order valence-corrected chi connectivity index (χ3v) is 21.3. The number of allylic oxidation sites excluding steroid dienone is 5. The van der Waals surface area contributed by atoms with E-state index in [1.807, 2.05) is 6.92 Å². The monoisotopic (exact) mass is 883 g/mol. The average Bonchev–Trinajstić information content (AvgIpc) is 3.64. The minimum absolute atomic E-state index is 0.00488. The van der Waals surface area contributed by atoms with Crippen molar-refractivity contribution >= 4 is 15.8 Å². The zero-order valence-corrected chi connectivity index (χ0v) is 40.6. The highest BCUT2D eigenvalue weighted by atomic mass is 32.2. The van der Waals surface area contributed by atoms with Crippen molar-refractivity contribution in [2.24, 2.45) is 62.1 Å². The summed E-state index contributed by atoms with van der Waals surface area (Å²) in [5, 5.41) is 13.5. The van der Waals surface area contributed by atoms with Gasteiger partial charge in [-0.05, 0) is 184 Å². The van der Waals surface area contributed by atoms with Crippen LogP contribution in [-0.4, -0.2) is 81.7 Å². The fourth-order valence-corrected chi connectivity index (χ4v) is 17.4. The normalized spacial score (nSPS) is 39.2. The molecule has 4 saturated carbocycles. The number of nitriles is 1. The van der Waals surface area contributed by atoms with E-state index < -0.39 is 15.3 Å². The lowest BCUT2D eigenvalue weighted by atomic mass is 9.32. The number of nitrogens with one attached hydrogen (secondary N) is 1. The topological polar surface area (TPSA) is 122 Å². The van der Waals surface area contributed by atoms with Crippen LogP contribution in [0.3, 0.4) is 0 Å². The first-order chi connectivity index (χ1) is 29.9. The van der Waals surface area contributed by atoms with Gasteiger partial charge in [-0.25, -0.2) is 13.4 Å². The first kappa shape index (κ1) is 46.5. The third kappa shape index (κ3) is 7.98. The lowest BCUT2D eigenvalue weighted by molar-refractivity contribution is -0.227. The van der Waals surface area contributed by atoms with E-state index in [4.69, 9.17) is 9.47 Å². The first-order valence-corrected chi connectivity index (χ1v) is 26.5. The van der Waals surface area contributed by atoms with Crippen molar-refractivity contribution in [2.75, 3.05) is 57.4 Å². The Morgan fingerprint density at radius 3 is 2.44 bits per heavy atom. The number of carbonyl (C=O) groups is 1. The lowest BCUT2D eigenvalue weighted by Gasteiger charge is -2.72. The number of pyridine rings is 1. The average molecular weight is 883 g/mol. The van der Waals surface area contributed by atoms with Crippen molar-refractivity contribution in [3.05, 3.63) is 59.3 Å². The van der Waals surface area contributed by atoms with Gasteiger partial charge >= 0.3 is 5.97 Å². The van der Waals surface area contributed by atoms with Gasteiger partial charge in [-0.2, -0.15) is 5.26 Å². The van der Waals surface area contributed by atoms with Gasteiger partial charge in [-0.3, -0.25) is 4.79 Å². The summed E-state index contributed by atoms with van der Waals surface area (Å²) in [5.74, 6) is 3.91. The van der Waals surface area contributed by atoms with Crippen molar-refractivity contribution in [2.45, 2.75) is 132 Å². The molecule has 0 spiro atoms. The fraction of sp³-hybridized carbons (Fsp3) is 0.755. The van der Waals surface area contributed by atoms with Gasteiger partial charge in [0.15, 0.2) is 9.84 Å². The van der Waals surface area contributed by atoms with E-state index >= 15 is 0 Å². The molecule has 8 rings (SSSR count). The molecule has 346 valence electrons. The highest BCUT2D eigenvalue weighted by molar-refractivity contribution is 7.91. The van der Waals surface area contributed by atoms with Crippen LogP contribution in [0.5, 0.6) is 5.88 Å². The molecular formula is C53H78N4O5S. The largest absolute Gasteiger partial charge is 0.475 e. The van der Waals surface area contributed by atoms with Crippen LogP contribution < -0.4 is 10.1 Å². The van der Waals surface area contributed by atoms with Crippen LogP contribution in [-0.2, 0) is 19.4 Å². The maximum absolute atomic E-state index is 13.6. The molecule has 4 unspecified atom stereocenters. The molecule has 1 aliphatic heterocycles. The Morgan fingerprint density at radius 1 is 0.968 bits per heavy atom. The van der Waals surface area contributed by atoms with Gasteiger partial charge in [0.25, 0.3) is 0 Å². The molecular weight excluding hydrogens is 805 g/mol. The summed E-state index contributed by atoms with van der Waals surface area (Å²) in [4.78, 5) is 20.3. The second kappa shape index (κ2) is 17.3. The van der Waals surface area contributed by atoms with E-state index in [1.54, 1.807) is 18.3 Å². The summed E-state index contributed by atoms with van der Waals surface area (Å²) in [6.45, 7) is 26.7. The molecule has 1 aromatic rings. The van der Waals surface area contributed by atoms with E-state index in [2.05, 4.69) is 81.5 Å². The number of rotatable bonds is 13.